The zero-order chi connectivity index (χ0) is 19.6. The summed E-state index contributed by atoms with van der Waals surface area (Å²) in [6.45, 7) is 10.3. The third kappa shape index (κ3) is 2.76. The number of fused-ring (bicyclic) bond motifs is 5. The fourth-order valence-electron chi connectivity index (χ4n) is 7.59. The van der Waals surface area contributed by atoms with E-state index >= 15 is 0 Å². The molecule has 0 aromatic heterocycles. The number of allylic oxidation sites excluding steroid dienone is 3. The molecule has 4 rings (SSSR count). The molecule has 0 heterocycles. The average Bonchev–Trinajstić information content (AvgIpc) is 2.85. The van der Waals surface area contributed by atoms with E-state index in [1.807, 2.05) is 0 Å². The smallest absolute Gasteiger partial charge is 0.302 e. The first kappa shape index (κ1) is 19.0. The van der Waals surface area contributed by atoms with Crippen LogP contribution in [0.5, 0.6) is 0 Å². The van der Waals surface area contributed by atoms with E-state index in [1.165, 1.54) is 24.5 Å². The predicted molar refractivity (Wildman–Crippen MR) is 106 cm³/mol. The van der Waals surface area contributed by atoms with E-state index in [2.05, 4.69) is 26.8 Å². The number of carbonyl (C=O) groups excluding carboxylic acids is 2. The van der Waals surface area contributed by atoms with Crippen LogP contribution in [0.4, 0.5) is 0 Å². The fourth-order valence-corrected chi connectivity index (χ4v) is 7.59. The lowest BCUT2D eigenvalue weighted by Crippen LogP contribution is -2.50. The van der Waals surface area contributed by atoms with E-state index < -0.39 is 0 Å². The molecular formula is C24H34O3. The Labute approximate surface area is 163 Å². The van der Waals surface area contributed by atoms with Crippen LogP contribution in [0.1, 0.15) is 79.6 Å². The standard InChI is InChI=1S/C24H34O3/c1-14-12-21-19-7-6-17-13-18(27-16(3)26)8-10-23(17,4)20(19)9-11-24(21,5)22(14)15(2)25/h6,18-21H,7-13H2,1-5H3/t18?,19-,20-,21-,23+,24+/m1/s1. The van der Waals surface area contributed by atoms with Gasteiger partial charge in [-0.25, -0.2) is 0 Å². The van der Waals surface area contributed by atoms with Gasteiger partial charge in [0, 0.05) is 13.3 Å². The topological polar surface area (TPSA) is 43.4 Å². The third-order valence-corrected chi connectivity index (χ3v) is 8.66. The maximum Gasteiger partial charge on any atom is 0.302 e. The maximum atomic E-state index is 12.4. The summed E-state index contributed by atoms with van der Waals surface area (Å²) in [7, 11) is 0. The quantitative estimate of drug-likeness (QED) is 0.483. The molecule has 0 spiro atoms. The van der Waals surface area contributed by atoms with E-state index in [4.69, 9.17) is 4.74 Å². The van der Waals surface area contributed by atoms with Gasteiger partial charge in [0.05, 0.1) is 0 Å². The molecule has 0 aromatic rings. The zero-order valence-electron chi connectivity index (χ0n) is 17.6. The molecule has 2 fully saturated rings. The molecule has 0 saturated heterocycles. The summed E-state index contributed by atoms with van der Waals surface area (Å²) in [5, 5.41) is 0. The van der Waals surface area contributed by atoms with Crippen molar-refractivity contribution in [1.82, 2.24) is 0 Å². The molecule has 4 aliphatic carbocycles. The summed E-state index contributed by atoms with van der Waals surface area (Å²) >= 11 is 0. The Morgan fingerprint density at radius 3 is 2.41 bits per heavy atom. The summed E-state index contributed by atoms with van der Waals surface area (Å²) < 4.78 is 5.54. The Balaban J connectivity index is 1.62. The van der Waals surface area contributed by atoms with Crippen molar-refractivity contribution in [1.29, 1.82) is 0 Å². The van der Waals surface area contributed by atoms with Crippen molar-refractivity contribution in [2.45, 2.75) is 85.7 Å². The molecule has 3 heteroatoms. The van der Waals surface area contributed by atoms with E-state index in [9.17, 15) is 9.59 Å². The van der Waals surface area contributed by atoms with Crippen molar-refractivity contribution < 1.29 is 14.3 Å². The third-order valence-electron chi connectivity index (χ3n) is 8.66. The van der Waals surface area contributed by atoms with Crippen LogP contribution >= 0.6 is 0 Å². The summed E-state index contributed by atoms with van der Waals surface area (Å²) in [5.41, 5.74) is 4.33. The molecule has 0 radical (unpaired) electrons. The highest BCUT2D eigenvalue weighted by atomic mass is 16.5. The van der Waals surface area contributed by atoms with Crippen LogP contribution in [-0.2, 0) is 14.3 Å². The molecule has 3 nitrogen and oxygen atoms in total. The molecule has 0 aliphatic heterocycles. The minimum Gasteiger partial charge on any atom is -0.462 e. The Morgan fingerprint density at radius 1 is 1.04 bits per heavy atom. The lowest BCUT2D eigenvalue weighted by molar-refractivity contribution is -0.148. The van der Waals surface area contributed by atoms with E-state index in [0.29, 0.717) is 17.8 Å². The molecule has 2 saturated carbocycles. The van der Waals surface area contributed by atoms with Crippen molar-refractivity contribution >= 4 is 11.8 Å². The van der Waals surface area contributed by atoms with Gasteiger partial charge in [0.1, 0.15) is 6.10 Å². The average molecular weight is 371 g/mol. The molecule has 148 valence electrons. The number of Topliss-reactive ketones (excluding diaryl/α,β-unsaturated/α-hetero) is 1. The van der Waals surface area contributed by atoms with Crippen LogP contribution in [0, 0.1) is 28.6 Å². The van der Waals surface area contributed by atoms with Gasteiger partial charge >= 0.3 is 5.97 Å². The maximum absolute atomic E-state index is 12.4. The highest BCUT2D eigenvalue weighted by Crippen LogP contribution is 2.66. The second kappa shape index (κ2) is 6.32. The van der Waals surface area contributed by atoms with Crippen molar-refractivity contribution in [3.8, 4) is 0 Å². The minimum atomic E-state index is -0.157. The first-order valence-corrected chi connectivity index (χ1v) is 10.7. The summed E-state index contributed by atoms with van der Waals surface area (Å²) in [5.74, 6) is 2.12. The van der Waals surface area contributed by atoms with Gasteiger partial charge in [0.2, 0.25) is 0 Å². The number of carbonyl (C=O) groups is 2. The second-order valence-electron chi connectivity index (χ2n) is 10.1. The largest absolute Gasteiger partial charge is 0.462 e. The molecule has 27 heavy (non-hydrogen) atoms. The Kier molecular flexibility index (Phi) is 4.44. The zero-order valence-corrected chi connectivity index (χ0v) is 17.6. The Bertz CT molecular complexity index is 745. The highest BCUT2D eigenvalue weighted by molar-refractivity contribution is 5.96. The second-order valence-corrected chi connectivity index (χ2v) is 10.1. The Morgan fingerprint density at radius 2 is 1.74 bits per heavy atom. The van der Waals surface area contributed by atoms with Crippen LogP contribution in [-0.4, -0.2) is 17.9 Å². The fraction of sp³-hybridized carbons (Fsp3) is 0.750. The highest BCUT2D eigenvalue weighted by Gasteiger charge is 2.58. The van der Waals surface area contributed by atoms with E-state index in [-0.39, 0.29) is 28.7 Å². The van der Waals surface area contributed by atoms with Crippen LogP contribution in [0.3, 0.4) is 0 Å². The van der Waals surface area contributed by atoms with Gasteiger partial charge in [-0.1, -0.05) is 31.1 Å². The van der Waals surface area contributed by atoms with Gasteiger partial charge in [-0.05, 0) is 86.5 Å². The first-order chi connectivity index (χ1) is 12.7. The summed E-state index contributed by atoms with van der Waals surface area (Å²) in [6, 6.07) is 0. The van der Waals surface area contributed by atoms with Gasteiger partial charge in [-0.3, -0.25) is 9.59 Å². The van der Waals surface area contributed by atoms with Crippen molar-refractivity contribution in [2.24, 2.45) is 28.6 Å². The SMILES string of the molecule is CC(=O)OC1CC[C@@]2(C)C(=CC[C@@H]3[C@H]2CC[C@]2(C)C(C(C)=O)=C(C)C[C@H]32)C1. The number of ketones is 1. The van der Waals surface area contributed by atoms with Gasteiger partial charge in [0.25, 0.3) is 0 Å². The van der Waals surface area contributed by atoms with Gasteiger partial charge in [-0.2, -0.15) is 0 Å². The first-order valence-electron chi connectivity index (χ1n) is 10.7. The van der Waals surface area contributed by atoms with Crippen LogP contribution in [0.15, 0.2) is 22.8 Å². The summed E-state index contributed by atoms with van der Waals surface area (Å²) in [4.78, 5) is 23.8. The van der Waals surface area contributed by atoms with Gasteiger partial charge in [0.15, 0.2) is 5.78 Å². The predicted octanol–water partition coefficient (Wildman–Crippen LogP) is 5.40. The number of hydrogen-bond acceptors (Lipinski definition) is 3. The van der Waals surface area contributed by atoms with Crippen molar-refractivity contribution in [3.05, 3.63) is 22.8 Å². The van der Waals surface area contributed by atoms with Gasteiger partial charge in [-0.15, -0.1) is 0 Å². The lowest BCUT2D eigenvalue weighted by Gasteiger charge is -2.57. The molecule has 0 amide bonds. The number of rotatable bonds is 2. The van der Waals surface area contributed by atoms with Crippen LogP contribution in [0.25, 0.3) is 0 Å². The molecule has 1 unspecified atom stereocenters. The van der Waals surface area contributed by atoms with E-state index in [1.54, 1.807) is 6.92 Å². The minimum absolute atomic E-state index is 0.0620. The molecule has 4 aliphatic rings. The lowest BCUT2D eigenvalue weighted by atomic mass is 9.47. The molecule has 0 aromatic carbocycles. The van der Waals surface area contributed by atoms with Crippen LogP contribution < -0.4 is 0 Å². The monoisotopic (exact) mass is 370 g/mol. The van der Waals surface area contributed by atoms with Crippen molar-refractivity contribution in [2.75, 3.05) is 0 Å². The summed E-state index contributed by atoms with van der Waals surface area (Å²) in [6.07, 6.45) is 10.1. The van der Waals surface area contributed by atoms with Gasteiger partial charge < -0.3 is 4.74 Å². The number of hydrogen-bond donors (Lipinski definition) is 0. The number of ether oxygens (including phenoxy) is 1. The molecule has 0 N–H and O–H groups in total. The molecule has 6 atom stereocenters. The van der Waals surface area contributed by atoms with E-state index in [0.717, 1.165) is 44.1 Å². The normalized spacial score (nSPS) is 43.4. The Hall–Kier alpha value is -1.38. The number of esters is 1. The molecule has 0 bridgehead atoms. The van der Waals surface area contributed by atoms with Crippen molar-refractivity contribution in [3.63, 3.8) is 0 Å². The molecular weight excluding hydrogens is 336 g/mol. The van der Waals surface area contributed by atoms with Crippen LogP contribution in [0.2, 0.25) is 0 Å².